The van der Waals surface area contributed by atoms with Gasteiger partial charge in [0.25, 0.3) is 0 Å². The highest BCUT2D eigenvalue weighted by Gasteiger charge is 2.27. The average Bonchev–Trinajstić information content (AvgIpc) is 2.80. The summed E-state index contributed by atoms with van der Waals surface area (Å²) in [7, 11) is 0. The molecule has 1 saturated heterocycles. The van der Waals surface area contributed by atoms with Crippen LogP contribution in [0.15, 0.2) is 79.1 Å². The standard InChI is InChI=1S/C23H24N4O2.ClH/c28-23(26-20-10-8-19(9-11-20)18-5-2-1-3-6-18)27-14-13-25-15-21(27)17-29-22-7-4-12-24-16-22;/h1-12,16,21,25H,13-15,17H2,(H,26,28);1H. The Hall–Kier alpha value is -3.09. The molecule has 0 bridgehead atoms. The largest absolute Gasteiger partial charge is 0.490 e. The van der Waals surface area contributed by atoms with Gasteiger partial charge in [0.1, 0.15) is 12.4 Å². The number of ether oxygens (including phenoxy) is 1. The van der Waals surface area contributed by atoms with Gasteiger partial charge in [-0.15, -0.1) is 12.4 Å². The third-order valence-corrected chi connectivity index (χ3v) is 4.93. The third kappa shape index (κ3) is 5.49. The van der Waals surface area contributed by atoms with Crippen LogP contribution in [0.25, 0.3) is 11.1 Å². The van der Waals surface area contributed by atoms with Crippen LogP contribution in [-0.2, 0) is 0 Å². The topological polar surface area (TPSA) is 66.5 Å². The predicted octanol–water partition coefficient (Wildman–Crippen LogP) is 4.06. The average molecular weight is 425 g/mol. The molecule has 1 aliphatic rings. The van der Waals surface area contributed by atoms with Crippen LogP contribution in [-0.4, -0.2) is 48.2 Å². The molecule has 6 nitrogen and oxygen atoms in total. The summed E-state index contributed by atoms with van der Waals surface area (Å²) >= 11 is 0. The molecule has 0 saturated carbocycles. The number of carbonyl (C=O) groups is 1. The Balaban J connectivity index is 0.00000256. The molecule has 156 valence electrons. The smallest absolute Gasteiger partial charge is 0.322 e. The van der Waals surface area contributed by atoms with Crippen molar-refractivity contribution in [1.82, 2.24) is 15.2 Å². The minimum absolute atomic E-state index is 0. The SMILES string of the molecule is Cl.O=C(Nc1ccc(-c2ccccc2)cc1)N1CCNCC1COc1cccnc1. The normalized spacial score (nSPS) is 15.7. The van der Waals surface area contributed by atoms with E-state index in [4.69, 9.17) is 4.74 Å². The number of amides is 2. The lowest BCUT2D eigenvalue weighted by Gasteiger charge is -2.35. The highest BCUT2D eigenvalue weighted by molar-refractivity contribution is 5.90. The molecular weight excluding hydrogens is 400 g/mol. The minimum atomic E-state index is -0.112. The summed E-state index contributed by atoms with van der Waals surface area (Å²) in [6.07, 6.45) is 3.38. The zero-order chi connectivity index (χ0) is 19.9. The first-order chi connectivity index (χ1) is 14.3. The maximum absolute atomic E-state index is 12.9. The molecule has 1 unspecified atom stereocenters. The van der Waals surface area contributed by atoms with Crippen molar-refractivity contribution in [2.45, 2.75) is 6.04 Å². The molecule has 1 atom stereocenters. The highest BCUT2D eigenvalue weighted by Crippen LogP contribution is 2.21. The van der Waals surface area contributed by atoms with Gasteiger partial charge < -0.3 is 20.3 Å². The van der Waals surface area contributed by atoms with Gasteiger partial charge in [0, 0.05) is 31.5 Å². The number of urea groups is 1. The van der Waals surface area contributed by atoms with Crippen molar-refractivity contribution in [1.29, 1.82) is 0 Å². The summed E-state index contributed by atoms with van der Waals surface area (Å²) in [6.45, 7) is 2.51. The maximum atomic E-state index is 12.9. The van der Waals surface area contributed by atoms with Crippen LogP contribution >= 0.6 is 12.4 Å². The van der Waals surface area contributed by atoms with Crippen molar-refractivity contribution in [3.8, 4) is 16.9 Å². The van der Waals surface area contributed by atoms with E-state index in [1.54, 1.807) is 12.4 Å². The zero-order valence-electron chi connectivity index (χ0n) is 16.5. The Bertz CT molecular complexity index is 923. The summed E-state index contributed by atoms with van der Waals surface area (Å²) < 4.78 is 5.82. The number of aromatic nitrogens is 1. The number of rotatable bonds is 5. The molecule has 1 aromatic heterocycles. The fourth-order valence-electron chi connectivity index (χ4n) is 3.37. The van der Waals surface area contributed by atoms with E-state index in [1.807, 2.05) is 59.5 Å². The Kier molecular flexibility index (Phi) is 7.65. The lowest BCUT2D eigenvalue weighted by Crippen LogP contribution is -2.57. The highest BCUT2D eigenvalue weighted by atomic mass is 35.5. The molecular formula is C23H25ClN4O2. The summed E-state index contributed by atoms with van der Waals surface area (Å²) in [6, 6.07) is 21.6. The van der Waals surface area contributed by atoms with E-state index in [1.165, 1.54) is 0 Å². The summed E-state index contributed by atoms with van der Waals surface area (Å²) in [5, 5.41) is 6.34. The summed E-state index contributed by atoms with van der Waals surface area (Å²) in [5.41, 5.74) is 3.05. The Labute approximate surface area is 182 Å². The first-order valence-corrected chi connectivity index (χ1v) is 9.76. The molecule has 0 spiro atoms. The van der Waals surface area contributed by atoms with Gasteiger partial charge in [-0.1, -0.05) is 42.5 Å². The number of anilines is 1. The minimum Gasteiger partial charge on any atom is -0.490 e. The Morgan fingerprint density at radius 2 is 1.83 bits per heavy atom. The molecule has 2 amide bonds. The van der Waals surface area contributed by atoms with E-state index in [-0.39, 0.29) is 24.5 Å². The van der Waals surface area contributed by atoms with E-state index in [0.29, 0.717) is 25.4 Å². The number of nitrogens with one attached hydrogen (secondary N) is 2. The monoisotopic (exact) mass is 424 g/mol. The molecule has 7 heteroatoms. The molecule has 4 rings (SSSR count). The lowest BCUT2D eigenvalue weighted by molar-refractivity contribution is 0.133. The van der Waals surface area contributed by atoms with Gasteiger partial charge in [0.2, 0.25) is 0 Å². The van der Waals surface area contributed by atoms with Gasteiger partial charge in [-0.25, -0.2) is 4.79 Å². The maximum Gasteiger partial charge on any atom is 0.322 e. The fraction of sp³-hybridized carbons (Fsp3) is 0.217. The van der Waals surface area contributed by atoms with Crippen molar-refractivity contribution in [2.75, 3.05) is 31.6 Å². The van der Waals surface area contributed by atoms with Crippen molar-refractivity contribution in [3.05, 3.63) is 79.1 Å². The van der Waals surface area contributed by atoms with Crippen LogP contribution in [0.2, 0.25) is 0 Å². The number of nitrogens with zero attached hydrogens (tertiary/aromatic N) is 2. The van der Waals surface area contributed by atoms with Crippen molar-refractivity contribution < 1.29 is 9.53 Å². The third-order valence-electron chi connectivity index (χ3n) is 4.93. The molecule has 3 aromatic rings. The van der Waals surface area contributed by atoms with E-state index in [0.717, 1.165) is 23.4 Å². The summed E-state index contributed by atoms with van der Waals surface area (Å²) in [4.78, 5) is 18.7. The van der Waals surface area contributed by atoms with Gasteiger partial charge in [-0.3, -0.25) is 4.98 Å². The fourth-order valence-corrected chi connectivity index (χ4v) is 3.37. The van der Waals surface area contributed by atoms with E-state index >= 15 is 0 Å². The lowest BCUT2D eigenvalue weighted by atomic mass is 10.1. The molecule has 1 aliphatic heterocycles. The van der Waals surface area contributed by atoms with Crippen LogP contribution in [0.4, 0.5) is 10.5 Å². The predicted molar refractivity (Wildman–Crippen MR) is 121 cm³/mol. The van der Waals surface area contributed by atoms with Crippen molar-refractivity contribution in [2.24, 2.45) is 0 Å². The van der Waals surface area contributed by atoms with Crippen LogP contribution in [0.3, 0.4) is 0 Å². The van der Waals surface area contributed by atoms with Gasteiger partial charge in [0.15, 0.2) is 0 Å². The van der Waals surface area contributed by atoms with Gasteiger partial charge >= 0.3 is 6.03 Å². The van der Waals surface area contributed by atoms with Gasteiger partial charge in [0.05, 0.1) is 12.2 Å². The quantitative estimate of drug-likeness (QED) is 0.648. The van der Waals surface area contributed by atoms with Crippen molar-refractivity contribution in [3.63, 3.8) is 0 Å². The second kappa shape index (κ2) is 10.6. The second-order valence-electron chi connectivity index (χ2n) is 6.92. The van der Waals surface area contributed by atoms with Crippen LogP contribution in [0, 0.1) is 0 Å². The summed E-state index contributed by atoms with van der Waals surface area (Å²) in [5.74, 6) is 0.704. The van der Waals surface area contributed by atoms with Crippen molar-refractivity contribution >= 4 is 24.1 Å². The number of piperazine rings is 1. The van der Waals surface area contributed by atoms with Crippen LogP contribution in [0.1, 0.15) is 0 Å². The molecule has 2 N–H and O–H groups in total. The van der Waals surface area contributed by atoms with Gasteiger partial charge in [-0.05, 0) is 35.4 Å². The molecule has 30 heavy (non-hydrogen) atoms. The first kappa shape index (κ1) is 21.6. The van der Waals surface area contributed by atoms with Gasteiger partial charge in [-0.2, -0.15) is 0 Å². The van der Waals surface area contributed by atoms with E-state index in [9.17, 15) is 4.79 Å². The number of benzene rings is 2. The number of halogens is 1. The zero-order valence-corrected chi connectivity index (χ0v) is 17.3. The van der Waals surface area contributed by atoms with E-state index < -0.39 is 0 Å². The molecule has 2 heterocycles. The second-order valence-corrected chi connectivity index (χ2v) is 6.92. The number of pyridine rings is 1. The first-order valence-electron chi connectivity index (χ1n) is 9.76. The Morgan fingerprint density at radius 3 is 2.57 bits per heavy atom. The Morgan fingerprint density at radius 1 is 1.07 bits per heavy atom. The molecule has 0 radical (unpaired) electrons. The molecule has 2 aromatic carbocycles. The van der Waals surface area contributed by atoms with Crippen LogP contribution in [0.5, 0.6) is 5.75 Å². The molecule has 0 aliphatic carbocycles. The van der Waals surface area contributed by atoms with Crippen LogP contribution < -0.4 is 15.4 Å². The number of hydrogen-bond acceptors (Lipinski definition) is 4. The molecule has 1 fully saturated rings. The number of carbonyl (C=O) groups excluding carboxylic acids is 1. The van der Waals surface area contributed by atoms with E-state index in [2.05, 4.69) is 27.8 Å². The number of hydrogen-bond donors (Lipinski definition) is 2.